The summed E-state index contributed by atoms with van der Waals surface area (Å²) in [6.07, 6.45) is 4.65. The molecule has 24 heavy (non-hydrogen) atoms. The van der Waals surface area contributed by atoms with E-state index in [9.17, 15) is 9.59 Å². The van der Waals surface area contributed by atoms with Crippen LogP contribution in [-0.2, 0) is 9.53 Å². The van der Waals surface area contributed by atoms with Gasteiger partial charge >= 0.3 is 5.97 Å². The highest BCUT2D eigenvalue weighted by molar-refractivity contribution is 7.12. The van der Waals surface area contributed by atoms with Crippen molar-refractivity contribution in [2.24, 2.45) is 5.92 Å². The Kier molecular flexibility index (Phi) is 7.72. The molecule has 1 amide bonds. The van der Waals surface area contributed by atoms with Crippen molar-refractivity contribution in [1.29, 1.82) is 0 Å². The lowest BCUT2D eigenvalue weighted by Gasteiger charge is -2.25. The number of carbonyl (C=O) groups is 2. The van der Waals surface area contributed by atoms with Crippen molar-refractivity contribution in [2.45, 2.75) is 32.6 Å². The van der Waals surface area contributed by atoms with E-state index in [0.29, 0.717) is 13.1 Å². The highest BCUT2D eigenvalue weighted by atomic mass is 32.1. The maximum Gasteiger partial charge on any atom is 0.310 e. The lowest BCUT2D eigenvalue weighted by molar-refractivity contribution is -0.145. The number of amides is 1. The zero-order valence-corrected chi connectivity index (χ0v) is 15.5. The number of nitrogens with zero attached hydrogens (tertiary/aromatic N) is 2. The number of methoxy groups -OCH3 is 1. The quantitative estimate of drug-likeness (QED) is 0.506. The largest absolute Gasteiger partial charge is 0.469 e. The number of carbonyl (C=O) groups excluding carboxylic acids is 2. The molecule has 134 valence electrons. The van der Waals surface area contributed by atoms with Gasteiger partial charge in [0.1, 0.15) is 0 Å². The van der Waals surface area contributed by atoms with E-state index >= 15 is 0 Å². The van der Waals surface area contributed by atoms with Gasteiger partial charge in [-0.2, -0.15) is 0 Å². The molecule has 0 aliphatic carbocycles. The van der Waals surface area contributed by atoms with Gasteiger partial charge < -0.3 is 14.5 Å². The molecule has 1 saturated heterocycles. The third-order valence-electron chi connectivity index (χ3n) is 4.47. The number of esters is 1. The summed E-state index contributed by atoms with van der Waals surface area (Å²) in [7, 11) is 1.39. The first-order valence-electron chi connectivity index (χ1n) is 8.74. The SMILES string of the molecule is COC(=O)C(C)CN(CCCCN1CCCC1)C(=O)c1cccs1. The molecule has 0 aromatic carbocycles. The van der Waals surface area contributed by atoms with E-state index in [1.807, 2.05) is 24.4 Å². The Morgan fingerprint density at radius 2 is 2.08 bits per heavy atom. The molecule has 1 atom stereocenters. The summed E-state index contributed by atoms with van der Waals surface area (Å²) in [5.74, 6) is -0.560. The van der Waals surface area contributed by atoms with Gasteiger partial charge in [-0.05, 0) is 56.8 Å². The standard InChI is InChI=1S/C18H28N2O3S/c1-15(18(22)23-2)14-20(17(21)16-8-7-13-24-16)12-6-5-11-19-9-3-4-10-19/h7-8,13,15H,3-6,9-12,14H2,1-2H3. The van der Waals surface area contributed by atoms with E-state index in [-0.39, 0.29) is 17.8 Å². The highest BCUT2D eigenvalue weighted by Gasteiger charge is 2.23. The second kappa shape index (κ2) is 9.79. The second-order valence-electron chi connectivity index (χ2n) is 6.41. The maximum absolute atomic E-state index is 12.7. The van der Waals surface area contributed by atoms with Gasteiger partial charge in [0.15, 0.2) is 0 Å². The molecule has 2 heterocycles. The van der Waals surface area contributed by atoms with Crippen LogP contribution in [0.5, 0.6) is 0 Å². The van der Waals surface area contributed by atoms with Gasteiger partial charge in [0.2, 0.25) is 0 Å². The molecule has 0 bridgehead atoms. The molecule has 1 aliphatic rings. The van der Waals surface area contributed by atoms with Crippen LogP contribution in [0.25, 0.3) is 0 Å². The molecule has 1 aromatic rings. The molecule has 0 radical (unpaired) electrons. The molecular weight excluding hydrogens is 324 g/mol. The normalized spacial score (nSPS) is 16.1. The highest BCUT2D eigenvalue weighted by Crippen LogP contribution is 2.15. The fourth-order valence-electron chi connectivity index (χ4n) is 3.08. The molecular formula is C18H28N2O3S. The van der Waals surface area contributed by atoms with E-state index in [1.165, 1.54) is 44.4 Å². The first kappa shape index (κ1) is 18.9. The fraction of sp³-hybridized carbons (Fsp3) is 0.667. The van der Waals surface area contributed by atoms with Gasteiger partial charge in [0.25, 0.3) is 5.91 Å². The summed E-state index contributed by atoms with van der Waals surface area (Å²) in [6, 6.07) is 3.72. The first-order valence-corrected chi connectivity index (χ1v) is 9.62. The number of ether oxygens (including phenoxy) is 1. The third-order valence-corrected chi connectivity index (χ3v) is 5.33. The van der Waals surface area contributed by atoms with Crippen molar-refractivity contribution in [2.75, 3.05) is 39.8 Å². The van der Waals surface area contributed by atoms with Crippen LogP contribution in [0.15, 0.2) is 17.5 Å². The van der Waals surface area contributed by atoms with Gasteiger partial charge in [0.05, 0.1) is 17.9 Å². The molecule has 1 fully saturated rings. The maximum atomic E-state index is 12.7. The van der Waals surface area contributed by atoms with Crippen molar-refractivity contribution in [1.82, 2.24) is 9.80 Å². The second-order valence-corrected chi connectivity index (χ2v) is 7.36. The average Bonchev–Trinajstić information content (AvgIpc) is 3.29. The van der Waals surface area contributed by atoms with Gasteiger partial charge in [-0.3, -0.25) is 9.59 Å². The van der Waals surface area contributed by atoms with E-state index in [2.05, 4.69) is 4.90 Å². The summed E-state index contributed by atoms with van der Waals surface area (Å²) in [5.41, 5.74) is 0. The molecule has 2 rings (SSSR count). The van der Waals surface area contributed by atoms with E-state index < -0.39 is 0 Å². The summed E-state index contributed by atoms with van der Waals surface area (Å²) in [5, 5.41) is 1.91. The topological polar surface area (TPSA) is 49.9 Å². The molecule has 1 aliphatic heterocycles. The number of likely N-dealkylation sites (tertiary alicyclic amines) is 1. The van der Waals surface area contributed by atoms with Crippen LogP contribution in [0.3, 0.4) is 0 Å². The Bertz CT molecular complexity index is 512. The van der Waals surface area contributed by atoms with E-state index in [0.717, 1.165) is 24.3 Å². The summed E-state index contributed by atoms with van der Waals surface area (Å²) in [6.45, 7) is 6.42. The van der Waals surface area contributed by atoms with E-state index in [4.69, 9.17) is 4.74 Å². The van der Waals surface area contributed by atoms with E-state index in [1.54, 1.807) is 4.90 Å². The molecule has 0 saturated carbocycles. The van der Waals surface area contributed by atoms with Crippen LogP contribution in [0, 0.1) is 5.92 Å². The number of thiophene rings is 1. The summed E-state index contributed by atoms with van der Waals surface area (Å²) in [4.78, 5) is 29.4. The Labute approximate surface area is 148 Å². The van der Waals surface area contributed by atoms with Gasteiger partial charge in [0, 0.05) is 13.1 Å². The van der Waals surface area contributed by atoms with Crippen LogP contribution in [0.1, 0.15) is 42.3 Å². The average molecular weight is 352 g/mol. The lowest BCUT2D eigenvalue weighted by Crippen LogP contribution is -2.38. The van der Waals surface area contributed by atoms with Crippen LogP contribution in [-0.4, -0.2) is 61.5 Å². The van der Waals surface area contributed by atoms with Gasteiger partial charge in [-0.25, -0.2) is 0 Å². The zero-order valence-electron chi connectivity index (χ0n) is 14.7. The predicted octanol–water partition coefficient (Wildman–Crippen LogP) is 2.88. The third kappa shape index (κ3) is 5.60. The van der Waals surface area contributed by atoms with Gasteiger partial charge in [-0.15, -0.1) is 11.3 Å². The van der Waals surface area contributed by atoms with Crippen molar-refractivity contribution >= 4 is 23.2 Å². The van der Waals surface area contributed by atoms with Crippen LogP contribution in [0.2, 0.25) is 0 Å². The number of unbranched alkanes of at least 4 members (excludes halogenated alkanes) is 1. The first-order chi connectivity index (χ1) is 11.6. The van der Waals surface area contributed by atoms with Crippen LogP contribution in [0.4, 0.5) is 0 Å². The van der Waals surface area contributed by atoms with Crippen LogP contribution >= 0.6 is 11.3 Å². The Morgan fingerprint density at radius 1 is 1.33 bits per heavy atom. The lowest BCUT2D eigenvalue weighted by atomic mass is 10.1. The van der Waals surface area contributed by atoms with Crippen molar-refractivity contribution in [3.05, 3.63) is 22.4 Å². The van der Waals surface area contributed by atoms with Crippen molar-refractivity contribution < 1.29 is 14.3 Å². The minimum Gasteiger partial charge on any atom is -0.469 e. The van der Waals surface area contributed by atoms with Crippen molar-refractivity contribution in [3.8, 4) is 0 Å². The van der Waals surface area contributed by atoms with Crippen LogP contribution < -0.4 is 0 Å². The zero-order chi connectivity index (χ0) is 17.4. The summed E-state index contributed by atoms with van der Waals surface area (Å²) < 4.78 is 4.80. The number of rotatable bonds is 9. The molecule has 1 unspecified atom stereocenters. The fourth-order valence-corrected chi connectivity index (χ4v) is 3.77. The predicted molar refractivity (Wildman–Crippen MR) is 96.3 cm³/mol. The molecule has 5 nitrogen and oxygen atoms in total. The Hall–Kier alpha value is -1.40. The molecule has 1 aromatic heterocycles. The summed E-state index contributed by atoms with van der Waals surface area (Å²) >= 11 is 1.44. The smallest absolute Gasteiger partial charge is 0.310 e. The Balaban J connectivity index is 1.86. The number of hydrogen-bond donors (Lipinski definition) is 0. The number of hydrogen-bond acceptors (Lipinski definition) is 5. The molecule has 0 N–H and O–H groups in total. The molecule has 0 spiro atoms. The minimum absolute atomic E-state index is 0.0157. The van der Waals surface area contributed by atoms with Crippen molar-refractivity contribution in [3.63, 3.8) is 0 Å². The monoisotopic (exact) mass is 352 g/mol. The van der Waals surface area contributed by atoms with Gasteiger partial charge in [-0.1, -0.05) is 13.0 Å². The molecule has 6 heteroatoms. The Morgan fingerprint density at radius 3 is 2.71 bits per heavy atom. The minimum atomic E-state index is -0.308.